The monoisotopic (exact) mass is 416 g/mol. The smallest absolute Gasteiger partial charge is 0.416 e. The highest BCUT2D eigenvalue weighted by atomic mass is 19.4. The van der Waals surface area contributed by atoms with Gasteiger partial charge in [-0.3, -0.25) is 4.99 Å². The zero-order chi connectivity index (χ0) is 21.5. The maximum absolute atomic E-state index is 12.9. The normalized spacial score (nSPS) is 16.7. The number of alkyl halides is 3. The SMILES string of the molecule is Cc1cc(C(F)(F)F)cc(O)c1-c1ccc(C=NC2CCc3nncn3C2)c(N)n1. The number of rotatable bonds is 3. The number of fused-ring (bicyclic) bond motifs is 1. The van der Waals surface area contributed by atoms with Gasteiger partial charge < -0.3 is 15.4 Å². The number of aliphatic imine (C=N–C) groups is 1. The van der Waals surface area contributed by atoms with Gasteiger partial charge in [0.2, 0.25) is 0 Å². The van der Waals surface area contributed by atoms with E-state index >= 15 is 0 Å². The van der Waals surface area contributed by atoms with Crippen LogP contribution < -0.4 is 5.73 Å². The minimum absolute atomic E-state index is 0.0637. The molecule has 30 heavy (non-hydrogen) atoms. The van der Waals surface area contributed by atoms with Gasteiger partial charge in [-0.2, -0.15) is 13.2 Å². The summed E-state index contributed by atoms with van der Waals surface area (Å²) < 4.78 is 40.8. The number of phenolic OH excluding ortho intramolecular Hbond substituents is 1. The fourth-order valence-corrected chi connectivity index (χ4v) is 3.55. The van der Waals surface area contributed by atoms with E-state index in [9.17, 15) is 18.3 Å². The van der Waals surface area contributed by atoms with Crippen LogP contribution in [0.2, 0.25) is 0 Å². The number of aromatic hydroxyl groups is 1. The predicted molar refractivity (Wildman–Crippen MR) is 105 cm³/mol. The molecular formula is C20H19F3N6O. The fourth-order valence-electron chi connectivity index (χ4n) is 3.55. The summed E-state index contributed by atoms with van der Waals surface area (Å²) in [4.78, 5) is 8.84. The van der Waals surface area contributed by atoms with Crippen LogP contribution in [0.4, 0.5) is 19.0 Å². The number of pyridine rings is 1. The van der Waals surface area contributed by atoms with Crippen LogP contribution in [0, 0.1) is 6.92 Å². The van der Waals surface area contributed by atoms with Crippen LogP contribution in [0.15, 0.2) is 35.6 Å². The molecule has 0 saturated carbocycles. The molecule has 4 rings (SSSR count). The Balaban J connectivity index is 1.57. The molecule has 0 amide bonds. The van der Waals surface area contributed by atoms with Crippen molar-refractivity contribution in [2.75, 3.05) is 5.73 Å². The highest BCUT2D eigenvalue weighted by molar-refractivity contribution is 5.87. The van der Waals surface area contributed by atoms with E-state index in [1.54, 1.807) is 24.7 Å². The first-order valence-electron chi connectivity index (χ1n) is 9.30. The summed E-state index contributed by atoms with van der Waals surface area (Å²) in [6, 6.07) is 5.02. The summed E-state index contributed by atoms with van der Waals surface area (Å²) in [5.41, 5.74) is 6.48. The van der Waals surface area contributed by atoms with Crippen LogP contribution in [0.5, 0.6) is 5.75 Å². The summed E-state index contributed by atoms with van der Waals surface area (Å²) in [5, 5.41) is 18.1. The number of hydrogen-bond acceptors (Lipinski definition) is 6. The van der Waals surface area contributed by atoms with E-state index in [1.807, 2.05) is 4.57 Å². The average molecular weight is 416 g/mol. The van der Waals surface area contributed by atoms with Crippen LogP contribution in [0.25, 0.3) is 11.3 Å². The zero-order valence-electron chi connectivity index (χ0n) is 16.1. The largest absolute Gasteiger partial charge is 0.507 e. The van der Waals surface area contributed by atoms with Gasteiger partial charge in [-0.05, 0) is 43.2 Å². The van der Waals surface area contributed by atoms with Gasteiger partial charge in [0.1, 0.15) is 23.7 Å². The lowest BCUT2D eigenvalue weighted by Crippen LogP contribution is -2.23. The lowest BCUT2D eigenvalue weighted by molar-refractivity contribution is -0.137. The van der Waals surface area contributed by atoms with Crippen molar-refractivity contribution in [3.05, 3.63) is 53.1 Å². The van der Waals surface area contributed by atoms with Crippen molar-refractivity contribution in [1.29, 1.82) is 0 Å². The maximum atomic E-state index is 12.9. The molecule has 0 bridgehead atoms. The molecule has 3 aromatic rings. The molecule has 7 nitrogen and oxygen atoms in total. The molecule has 1 aliphatic rings. The second kappa shape index (κ2) is 7.43. The Hall–Kier alpha value is -3.43. The number of nitrogen functional groups attached to an aromatic ring is 1. The minimum atomic E-state index is -4.54. The molecular weight excluding hydrogens is 397 g/mol. The number of phenols is 1. The number of nitrogens with two attached hydrogens (primary N) is 1. The third-order valence-corrected chi connectivity index (χ3v) is 5.08. The quantitative estimate of drug-likeness (QED) is 0.638. The summed E-state index contributed by atoms with van der Waals surface area (Å²) in [6.07, 6.45) is 0.423. The predicted octanol–water partition coefficient (Wildman–Crippen LogP) is 3.39. The van der Waals surface area contributed by atoms with Crippen LogP contribution in [0.3, 0.4) is 0 Å². The van der Waals surface area contributed by atoms with E-state index in [1.165, 1.54) is 6.92 Å². The second-order valence-corrected chi connectivity index (χ2v) is 7.23. The molecule has 156 valence electrons. The van der Waals surface area contributed by atoms with Gasteiger partial charge in [-0.25, -0.2) is 4.98 Å². The van der Waals surface area contributed by atoms with Crippen molar-refractivity contribution >= 4 is 12.0 Å². The Labute approximate surface area is 170 Å². The Bertz CT molecular complexity index is 1100. The highest BCUT2D eigenvalue weighted by Gasteiger charge is 2.32. The molecule has 2 aromatic heterocycles. The van der Waals surface area contributed by atoms with Gasteiger partial charge in [0.05, 0.1) is 17.3 Å². The molecule has 10 heteroatoms. The van der Waals surface area contributed by atoms with Crippen LogP contribution in [0.1, 0.15) is 28.9 Å². The summed E-state index contributed by atoms with van der Waals surface area (Å²) in [7, 11) is 0. The number of anilines is 1. The lowest BCUT2D eigenvalue weighted by Gasteiger charge is -2.19. The average Bonchev–Trinajstić information content (AvgIpc) is 3.14. The van der Waals surface area contributed by atoms with Crippen LogP contribution in [-0.2, 0) is 19.1 Å². The van der Waals surface area contributed by atoms with Gasteiger partial charge in [0.15, 0.2) is 0 Å². The Morgan fingerprint density at radius 1 is 1.30 bits per heavy atom. The number of benzene rings is 1. The molecule has 3 N–H and O–H groups in total. The van der Waals surface area contributed by atoms with E-state index in [0.717, 1.165) is 24.7 Å². The molecule has 1 atom stereocenters. The maximum Gasteiger partial charge on any atom is 0.416 e. The van der Waals surface area contributed by atoms with Crippen molar-refractivity contribution in [2.45, 2.75) is 38.5 Å². The third kappa shape index (κ3) is 3.85. The number of hydrogen-bond donors (Lipinski definition) is 2. The molecule has 1 aromatic carbocycles. The van der Waals surface area contributed by atoms with Gasteiger partial charge in [0, 0.05) is 30.3 Å². The number of aryl methyl sites for hydroxylation is 2. The number of halogens is 3. The second-order valence-electron chi connectivity index (χ2n) is 7.23. The molecule has 1 unspecified atom stereocenters. The van der Waals surface area contributed by atoms with Crippen molar-refractivity contribution in [1.82, 2.24) is 19.7 Å². The van der Waals surface area contributed by atoms with Gasteiger partial charge >= 0.3 is 6.18 Å². The minimum Gasteiger partial charge on any atom is -0.507 e. The Kier molecular flexibility index (Phi) is 4.92. The molecule has 0 fully saturated rings. The first-order chi connectivity index (χ1) is 14.2. The molecule has 0 aliphatic carbocycles. The molecule has 3 heterocycles. The summed E-state index contributed by atoms with van der Waals surface area (Å²) in [6.45, 7) is 2.17. The van der Waals surface area contributed by atoms with E-state index in [2.05, 4.69) is 20.2 Å². The van der Waals surface area contributed by atoms with Crippen molar-refractivity contribution in [3.63, 3.8) is 0 Å². The Morgan fingerprint density at radius 2 is 2.10 bits per heavy atom. The standard InChI is InChI=1S/C20H19F3N6O/c1-11-6-13(20(21,22)23)7-16(30)18(11)15-4-2-12(19(24)27-15)8-25-14-3-5-17-28-26-10-29(17)9-14/h2,4,6-8,10,14,30H,3,5,9H2,1H3,(H2,24,27). The molecule has 1 aliphatic heterocycles. The van der Waals surface area contributed by atoms with Crippen LogP contribution >= 0.6 is 0 Å². The van der Waals surface area contributed by atoms with E-state index in [-0.39, 0.29) is 23.0 Å². The van der Waals surface area contributed by atoms with Crippen molar-refractivity contribution in [3.8, 4) is 17.0 Å². The fraction of sp³-hybridized carbons (Fsp3) is 0.300. The summed E-state index contributed by atoms with van der Waals surface area (Å²) in [5.74, 6) is 0.622. The van der Waals surface area contributed by atoms with E-state index < -0.39 is 17.5 Å². The highest BCUT2D eigenvalue weighted by Crippen LogP contribution is 2.38. The summed E-state index contributed by atoms with van der Waals surface area (Å²) >= 11 is 0. The number of nitrogens with zero attached hydrogens (tertiary/aromatic N) is 5. The van der Waals surface area contributed by atoms with E-state index in [4.69, 9.17) is 5.73 Å². The van der Waals surface area contributed by atoms with Crippen LogP contribution in [-0.4, -0.2) is 37.1 Å². The van der Waals surface area contributed by atoms with Crippen molar-refractivity contribution < 1.29 is 18.3 Å². The number of aromatic nitrogens is 4. The molecule has 0 saturated heterocycles. The van der Waals surface area contributed by atoms with E-state index in [0.29, 0.717) is 23.9 Å². The van der Waals surface area contributed by atoms with Gasteiger partial charge in [-0.15, -0.1) is 10.2 Å². The topological polar surface area (TPSA) is 102 Å². The third-order valence-electron chi connectivity index (χ3n) is 5.08. The van der Waals surface area contributed by atoms with Crippen molar-refractivity contribution in [2.24, 2.45) is 4.99 Å². The zero-order valence-corrected chi connectivity index (χ0v) is 16.1. The first kappa shape index (κ1) is 19.9. The molecule has 0 radical (unpaired) electrons. The Morgan fingerprint density at radius 3 is 2.80 bits per heavy atom. The van der Waals surface area contributed by atoms with Gasteiger partial charge in [-0.1, -0.05) is 0 Å². The van der Waals surface area contributed by atoms with Gasteiger partial charge in [0.25, 0.3) is 0 Å². The lowest BCUT2D eigenvalue weighted by atomic mass is 10.00. The molecule has 0 spiro atoms. The first-order valence-corrected chi connectivity index (χ1v) is 9.30.